The predicted molar refractivity (Wildman–Crippen MR) is 212 cm³/mol. The number of H-pyrrole nitrogens is 2. The van der Waals surface area contributed by atoms with Gasteiger partial charge in [-0.1, -0.05) is 84.9 Å². The van der Waals surface area contributed by atoms with Crippen LogP contribution in [0.15, 0.2) is 110 Å². The molecule has 4 amide bonds. The number of carbonyl (C=O) groups excluding carboxylic acids is 4. The van der Waals surface area contributed by atoms with Crippen LogP contribution in [-0.2, 0) is 19.1 Å². The Morgan fingerprint density at radius 2 is 1.24 bits per heavy atom. The number of hydrogen-bond acceptors (Lipinski definition) is 10. The van der Waals surface area contributed by atoms with Crippen LogP contribution in [0.3, 0.4) is 0 Å². The van der Waals surface area contributed by atoms with E-state index in [4.69, 9.17) is 9.47 Å². The second kappa shape index (κ2) is 17.6. The average molecular weight is 783 g/mol. The molecule has 0 saturated carbocycles. The topological polar surface area (TPSA) is 209 Å². The van der Waals surface area contributed by atoms with Crippen LogP contribution in [0.4, 0.5) is 9.59 Å². The molecule has 0 unspecified atom stereocenters. The second-order valence-corrected chi connectivity index (χ2v) is 13.6. The van der Waals surface area contributed by atoms with E-state index < -0.39 is 36.2 Å². The fraction of sp³-hybridized carbons (Fsp3) is 0.238. The van der Waals surface area contributed by atoms with E-state index in [0.717, 1.165) is 29.7 Å². The lowest BCUT2D eigenvalue weighted by Crippen LogP contribution is -2.42. The number of nitrogens with zero attached hydrogens (tertiary/aromatic N) is 5. The molecule has 1 aliphatic heterocycles. The number of aromatic nitrogens is 6. The summed E-state index contributed by atoms with van der Waals surface area (Å²) in [6.45, 7) is 2.32. The highest BCUT2D eigenvalue weighted by Crippen LogP contribution is 2.34. The van der Waals surface area contributed by atoms with Crippen LogP contribution >= 0.6 is 0 Å². The molecule has 3 aromatic heterocycles. The lowest BCUT2D eigenvalue weighted by Gasteiger charge is -2.28. The van der Waals surface area contributed by atoms with Gasteiger partial charge < -0.3 is 40.3 Å². The summed E-state index contributed by atoms with van der Waals surface area (Å²) in [5, 5.41) is 8.18. The Balaban J connectivity index is 0.990. The van der Waals surface area contributed by atoms with Crippen molar-refractivity contribution >= 4 is 24.0 Å². The highest BCUT2D eigenvalue weighted by molar-refractivity contribution is 5.88. The van der Waals surface area contributed by atoms with Crippen molar-refractivity contribution in [3.8, 4) is 33.9 Å². The zero-order chi connectivity index (χ0) is 40.6. The Morgan fingerprint density at radius 3 is 1.88 bits per heavy atom. The van der Waals surface area contributed by atoms with Crippen molar-refractivity contribution in [1.82, 2.24) is 50.8 Å². The van der Waals surface area contributed by atoms with E-state index in [2.05, 4.69) is 45.9 Å². The first kappa shape index (κ1) is 38.9. The van der Waals surface area contributed by atoms with Crippen molar-refractivity contribution in [1.29, 1.82) is 0 Å². The van der Waals surface area contributed by atoms with Crippen LogP contribution in [0, 0.1) is 0 Å². The third-order valence-electron chi connectivity index (χ3n) is 9.90. The molecule has 16 heteroatoms. The number of carbonyl (C=O) groups is 4. The van der Waals surface area contributed by atoms with Crippen molar-refractivity contribution in [2.45, 2.75) is 43.9 Å². The largest absolute Gasteiger partial charge is 0.453 e. The number of methoxy groups -OCH3 is 2. The van der Waals surface area contributed by atoms with Gasteiger partial charge in [0.1, 0.15) is 23.7 Å². The SMILES string of the molecule is COC(=O)N[C@@H](C(=O)N[C@@H](C)c1ncc(-c2cnc(-c3ccc(-c4cnc([C@H]5CCCN5C(=O)[C@H](NC(=O)OC)c5ccccc5)[nH]4)cc3)nc2)[nH]1)c1ccccc1. The van der Waals surface area contributed by atoms with E-state index in [-0.39, 0.29) is 11.9 Å². The van der Waals surface area contributed by atoms with Gasteiger partial charge in [-0.2, -0.15) is 0 Å². The lowest BCUT2D eigenvalue weighted by molar-refractivity contribution is -0.134. The fourth-order valence-corrected chi connectivity index (χ4v) is 6.85. The van der Waals surface area contributed by atoms with E-state index in [0.29, 0.717) is 46.4 Å². The molecule has 58 heavy (non-hydrogen) atoms. The second-order valence-electron chi connectivity index (χ2n) is 13.6. The first-order valence-corrected chi connectivity index (χ1v) is 18.6. The summed E-state index contributed by atoms with van der Waals surface area (Å²) in [7, 11) is 2.51. The normalized spacial score (nSPS) is 15.2. The molecule has 1 aliphatic rings. The van der Waals surface area contributed by atoms with Crippen molar-refractivity contribution in [3.63, 3.8) is 0 Å². The number of aromatic amines is 2. The molecule has 0 radical (unpaired) electrons. The van der Waals surface area contributed by atoms with E-state index in [1.165, 1.54) is 14.2 Å². The van der Waals surface area contributed by atoms with Gasteiger partial charge >= 0.3 is 12.2 Å². The minimum atomic E-state index is -0.963. The molecule has 3 aromatic carbocycles. The molecule has 6 aromatic rings. The standard InChI is InChI=1S/C42H42N10O6/c1-25(47-39(53)34(50-41(55)57-2)27-11-6-4-7-12-27)36-45-24-32(48-36)30-21-43-37(44-22-30)29-18-16-26(17-19-29)31-23-46-38(49-31)33-15-10-20-52(33)40(54)35(51-42(56)58-3)28-13-8-5-9-14-28/h4-9,11-14,16-19,21-25,33-35H,10,15,20H2,1-3H3,(H,45,48)(H,46,49)(H,47,53)(H,50,55)(H,51,56)/t25-,33+,34+,35+/m0/s1. The Bertz CT molecular complexity index is 2350. The number of ether oxygens (including phenoxy) is 2. The van der Waals surface area contributed by atoms with Crippen molar-refractivity contribution in [3.05, 3.63) is 132 Å². The molecule has 296 valence electrons. The summed E-state index contributed by atoms with van der Waals surface area (Å²) in [5.74, 6) is 1.04. The van der Waals surface area contributed by atoms with Gasteiger partial charge in [-0.25, -0.2) is 29.5 Å². The van der Waals surface area contributed by atoms with Crippen LogP contribution < -0.4 is 16.0 Å². The summed E-state index contributed by atoms with van der Waals surface area (Å²) in [6.07, 6.45) is 6.91. The smallest absolute Gasteiger partial charge is 0.407 e. The average Bonchev–Trinajstić information content (AvgIpc) is 4.07. The van der Waals surface area contributed by atoms with E-state index in [9.17, 15) is 19.2 Å². The van der Waals surface area contributed by atoms with Gasteiger partial charge in [0.2, 0.25) is 5.91 Å². The molecular formula is C42H42N10O6. The maximum atomic E-state index is 13.9. The third-order valence-corrected chi connectivity index (χ3v) is 9.90. The number of amides is 4. The molecule has 0 aliphatic carbocycles. The number of nitrogens with one attached hydrogen (secondary N) is 5. The molecule has 1 fully saturated rings. The molecule has 4 heterocycles. The van der Waals surface area contributed by atoms with Gasteiger partial charge in [0.25, 0.3) is 5.91 Å². The first-order chi connectivity index (χ1) is 28.2. The van der Waals surface area contributed by atoms with Gasteiger partial charge in [0.05, 0.1) is 50.1 Å². The third kappa shape index (κ3) is 8.70. The summed E-state index contributed by atoms with van der Waals surface area (Å²) < 4.78 is 9.53. The Morgan fingerprint density at radius 1 is 0.672 bits per heavy atom. The molecule has 16 nitrogen and oxygen atoms in total. The molecule has 0 spiro atoms. The van der Waals surface area contributed by atoms with Gasteiger partial charge in [0, 0.05) is 30.1 Å². The van der Waals surface area contributed by atoms with Crippen molar-refractivity contribution < 1.29 is 28.7 Å². The summed E-state index contributed by atoms with van der Waals surface area (Å²) in [4.78, 5) is 78.0. The summed E-state index contributed by atoms with van der Waals surface area (Å²) in [6, 6.07) is 23.1. The molecule has 1 saturated heterocycles. The number of rotatable bonds is 12. The van der Waals surface area contributed by atoms with Crippen LogP contribution in [0.5, 0.6) is 0 Å². The molecular weight excluding hydrogens is 741 g/mol. The Kier molecular flexibility index (Phi) is 11.8. The minimum absolute atomic E-state index is 0.234. The van der Waals surface area contributed by atoms with Crippen LogP contribution in [0.1, 0.15) is 66.7 Å². The number of likely N-dealkylation sites (tertiary alicyclic amines) is 1. The molecule has 0 bridgehead atoms. The maximum Gasteiger partial charge on any atom is 0.407 e. The first-order valence-electron chi connectivity index (χ1n) is 18.6. The highest BCUT2D eigenvalue weighted by Gasteiger charge is 2.37. The van der Waals surface area contributed by atoms with E-state index in [1.54, 1.807) is 73.0 Å². The number of alkyl carbamates (subject to hydrolysis) is 2. The van der Waals surface area contributed by atoms with Crippen LogP contribution in [0.2, 0.25) is 0 Å². The Labute approximate surface area is 333 Å². The lowest BCUT2D eigenvalue weighted by atomic mass is 10.1. The Hall–Kier alpha value is -7.36. The maximum absolute atomic E-state index is 13.9. The van der Waals surface area contributed by atoms with Crippen LogP contribution in [0.25, 0.3) is 33.9 Å². The number of benzene rings is 3. The minimum Gasteiger partial charge on any atom is -0.453 e. The molecule has 4 atom stereocenters. The van der Waals surface area contributed by atoms with Gasteiger partial charge in [-0.3, -0.25) is 9.59 Å². The highest BCUT2D eigenvalue weighted by atomic mass is 16.5. The monoisotopic (exact) mass is 782 g/mol. The zero-order valence-corrected chi connectivity index (χ0v) is 32.0. The summed E-state index contributed by atoms with van der Waals surface area (Å²) in [5.41, 5.74) is 5.13. The fourth-order valence-electron chi connectivity index (χ4n) is 6.85. The zero-order valence-electron chi connectivity index (χ0n) is 32.0. The van der Waals surface area contributed by atoms with E-state index >= 15 is 0 Å². The van der Waals surface area contributed by atoms with Crippen molar-refractivity contribution in [2.24, 2.45) is 0 Å². The van der Waals surface area contributed by atoms with E-state index in [1.807, 2.05) is 48.5 Å². The molecule has 7 rings (SSSR count). The quantitative estimate of drug-likeness (QED) is 0.0984. The number of hydrogen-bond donors (Lipinski definition) is 5. The number of imidazole rings is 2. The van der Waals surface area contributed by atoms with Crippen molar-refractivity contribution in [2.75, 3.05) is 20.8 Å². The van der Waals surface area contributed by atoms with Gasteiger partial charge in [-0.05, 0) is 36.5 Å². The predicted octanol–water partition coefficient (Wildman–Crippen LogP) is 5.96. The van der Waals surface area contributed by atoms with Crippen LogP contribution in [-0.4, -0.2) is 79.6 Å². The van der Waals surface area contributed by atoms with Gasteiger partial charge in [-0.15, -0.1) is 0 Å². The molecule has 5 N–H and O–H groups in total. The van der Waals surface area contributed by atoms with Gasteiger partial charge in [0.15, 0.2) is 5.82 Å². The summed E-state index contributed by atoms with van der Waals surface area (Å²) >= 11 is 0.